The number of likely N-dealkylation sites (N-methyl/N-ethyl adjacent to an activating group) is 1. The molecule has 0 aromatic heterocycles. The van der Waals surface area contributed by atoms with Gasteiger partial charge in [-0.05, 0) is 32.6 Å². The SMILES string of the molecule is CC/C=C/CCCCCCCCCCCCC1N=CC[N+]1(CC)CCO. The Kier molecular flexibility index (Phi) is 13.8. The first-order valence-electron chi connectivity index (χ1n) is 11.4. The molecule has 1 heterocycles. The lowest BCUT2D eigenvalue weighted by Gasteiger charge is -2.37. The van der Waals surface area contributed by atoms with Crippen LogP contribution in [0.25, 0.3) is 0 Å². The van der Waals surface area contributed by atoms with Crippen molar-refractivity contribution in [1.82, 2.24) is 0 Å². The topological polar surface area (TPSA) is 32.6 Å². The van der Waals surface area contributed by atoms with Gasteiger partial charge < -0.3 is 5.11 Å². The number of quaternary nitrogens is 1. The Hall–Kier alpha value is -0.670. The molecule has 0 fully saturated rings. The molecule has 0 aliphatic carbocycles. The van der Waals surface area contributed by atoms with E-state index in [1.165, 1.54) is 83.5 Å². The van der Waals surface area contributed by atoms with Crippen molar-refractivity contribution < 1.29 is 9.59 Å². The summed E-state index contributed by atoms with van der Waals surface area (Å²) in [6.07, 6.45) is 24.6. The molecule has 1 aliphatic rings. The van der Waals surface area contributed by atoms with Crippen LogP contribution in [0.5, 0.6) is 0 Å². The van der Waals surface area contributed by atoms with Gasteiger partial charge >= 0.3 is 0 Å². The zero-order valence-corrected chi connectivity index (χ0v) is 17.7. The summed E-state index contributed by atoms with van der Waals surface area (Å²) >= 11 is 0. The average Bonchev–Trinajstić information content (AvgIpc) is 3.05. The second-order valence-electron chi connectivity index (χ2n) is 7.97. The number of aliphatic hydroxyl groups is 1. The Morgan fingerprint density at radius 3 is 2.12 bits per heavy atom. The van der Waals surface area contributed by atoms with Crippen LogP contribution in [0.2, 0.25) is 0 Å². The lowest BCUT2D eigenvalue weighted by molar-refractivity contribution is -0.936. The van der Waals surface area contributed by atoms with Gasteiger partial charge in [0.15, 0.2) is 6.17 Å². The van der Waals surface area contributed by atoms with Crippen molar-refractivity contribution in [2.75, 3.05) is 26.2 Å². The summed E-state index contributed by atoms with van der Waals surface area (Å²) in [5, 5.41) is 9.36. The number of hydrogen-bond donors (Lipinski definition) is 1. The number of allylic oxidation sites excluding steroid dienone is 2. The molecule has 0 spiro atoms. The lowest BCUT2D eigenvalue weighted by atomic mass is 10.0. The average molecular weight is 366 g/mol. The van der Waals surface area contributed by atoms with Crippen molar-refractivity contribution in [2.45, 2.75) is 103 Å². The number of nitrogens with zero attached hydrogens (tertiary/aromatic N) is 2. The maximum Gasteiger partial charge on any atom is 0.182 e. The zero-order chi connectivity index (χ0) is 18.9. The third kappa shape index (κ3) is 9.32. The summed E-state index contributed by atoms with van der Waals surface area (Å²) in [6, 6.07) is 0. The molecule has 2 atom stereocenters. The van der Waals surface area contributed by atoms with Gasteiger partial charge in [0.25, 0.3) is 0 Å². The quantitative estimate of drug-likeness (QED) is 0.195. The predicted octanol–water partition coefficient (Wildman–Crippen LogP) is 5.87. The molecule has 0 aromatic carbocycles. The molecular weight excluding hydrogens is 320 g/mol. The second-order valence-corrected chi connectivity index (χ2v) is 7.97. The summed E-state index contributed by atoms with van der Waals surface area (Å²) in [6.45, 7) is 7.67. The Morgan fingerprint density at radius 2 is 1.54 bits per heavy atom. The van der Waals surface area contributed by atoms with Crippen LogP contribution >= 0.6 is 0 Å². The minimum atomic E-state index is 0.281. The van der Waals surface area contributed by atoms with Crippen LogP contribution in [0.4, 0.5) is 0 Å². The van der Waals surface area contributed by atoms with Gasteiger partial charge in [-0.2, -0.15) is 0 Å². The van der Waals surface area contributed by atoms with Crippen LogP contribution in [0.3, 0.4) is 0 Å². The van der Waals surface area contributed by atoms with E-state index in [0.717, 1.165) is 24.1 Å². The molecule has 3 heteroatoms. The first-order valence-corrected chi connectivity index (χ1v) is 11.4. The van der Waals surface area contributed by atoms with Gasteiger partial charge in [0.2, 0.25) is 0 Å². The van der Waals surface area contributed by atoms with Crippen LogP contribution in [-0.2, 0) is 0 Å². The third-order valence-electron chi connectivity index (χ3n) is 6.02. The minimum absolute atomic E-state index is 0.281. The maximum absolute atomic E-state index is 9.36. The van der Waals surface area contributed by atoms with Gasteiger partial charge in [-0.3, -0.25) is 4.48 Å². The van der Waals surface area contributed by atoms with Crippen molar-refractivity contribution in [3.8, 4) is 0 Å². The third-order valence-corrected chi connectivity index (χ3v) is 6.02. The first kappa shape index (κ1) is 23.4. The molecule has 152 valence electrons. The van der Waals surface area contributed by atoms with Gasteiger partial charge in [-0.1, -0.05) is 70.4 Å². The minimum Gasteiger partial charge on any atom is -0.391 e. The van der Waals surface area contributed by atoms with Crippen molar-refractivity contribution in [2.24, 2.45) is 4.99 Å². The molecule has 0 amide bonds. The zero-order valence-electron chi connectivity index (χ0n) is 17.7. The van der Waals surface area contributed by atoms with Crippen LogP contribution in [-0.4, -0.2) is 48.2 Å². The Labute approximate surface area is 163 Å². The van der Waals surface area contributed by atoms with Crippen LogP contribution < -0.4 is 0 Å². The number of aliphatic imine (C=N–C) groups is 1. The standard InChI is InChI=1S/C23H45N2O/c1-3-5-6-7-8-9-10-11-12-13-14-15-16-17-18-23-24-19-20-25(23,4-2)21-22-26/h5-6,19,23,26H,3-4,7-18,20-22H2,1-2H3/q+1/b6-5+. The van der Waals surface area contributed by atoms with Gasteiger partial charge in [0, 0.05) is 6.42 Å². The fourth-order valence-corrected chi connectivity index (χ4v) is 4.17. The van der Waals surface area contributed by atoms with E-state index in [4.69, 9.17) is 4.99 Å². The summed E-state index contributed by atoms with van der Waals surface area (Å²) in [4.78, 5) is 4.71. The lowest BCUT2D eigenvalue weighted by Crippen LogP contribution is -2.53. The van der Waals surface area contributed by atoms with Crippen LogP contribution in [0.15, 0.2) is 17.1 Å². The Bertz CT molecular complexity index is 380. The van der Waals surface area contributed by atoms with Crippen LogP contribution in [0.1, 0.15) is 97.3 Å². The highest BCUT2D eigenvalue weighted by molar-refractivity contribution is 5.60. The summed E-state index contributed by atoms with van der Waals surface area (Å²) < 4.78 is 0.977. The summed E-state index contributed by atoms with van der Waals surface area (Å²) in [7, 11) is 0. The molecule has 0 saturated carbocycles. The Balaban J connectivity index is 1.92. The first-order chi connectivity index (χ1) is 12.8. The van der Waals surface area contributed by atoms with Gasteiger partial charge in [-0.15, -0.1) is 0 Å². The van der Waals surface area contributed by atoms with E-state index in [9.17, 15) is 5.11 Å². The molecular formula is C23H45N2O+. The predicted molar refractivity (Wildman–Crippen MR) is 115 cm³/mol. The van der Waals surface area contributed by atoms with E-state index in [0.29, 0.717) is 6.17 Å². The molecule has 0 aromatic rings. The highest BCUT2D eigenvalue weighted by Crippen LogP contribution is 2.24. The number of unbranched alkanes of at least 4 members (excludes halogenated alkanes) is 10. The molecule has 0 saturated heterocycles. The normalized spacial score (nSPS) is 22.7. The molecule has 2 unspecified atom stereocenters. The molecule has 1 rings (SSSR count). The Morgan fingerprint density at radius 1 is 0.923 bits per heavy atom. The smallest absolute Gasteiger partial charge is 0.182 e. The van der Waals surface area contributed by atoms with Crippen molar-refractivity contribution in [3.63, 3.8) is 0 Å². The monoisotopic (exact) mass is 365 g/mol. The van der Waals surface area contributed by atoms with E-state index in [1.807, 2.05) is 0 Å². The molecule has 0 radical (unpaired) electrons. The number of hydrogen-bond acceptors (Lipinski definition) is 2. The second kappa shape index (κ2) is 15.4. The van der Waals surface area contributed by atoms with Crippen molar-refractivity contribution in [3.05, 3.63) is 12.2 Å². The summed E-state index contributed by atoms with van der Waals surface area (Å²) in [5.74, 6) is 0. The molecule has 26 heavy (non-hydrogen) atoms. The largest absolute Gasteiger partial charge is 0.391 e. The summed E-state index contributed by atoms with van der Waals surface area (Å²) in [5.41, 5.74) is 0. The van der Waals surface area contributed by atoms with E-state index in [1.54, 1.807) is 0 Å². The number of aliphatic hydroxyl groups excluding tert-OH is 1. The van der Waals surface area contributed by atoms with Crippen molar-refractivity contribution >= 4 is 6.21 Å². The highest BCUT2D eigenvalue weighted by atomic mass is 16.3. The fraction of sp³-hybridized carbons (Fsp3) is 0.870. The number of rotatable bonds is 17. The molecule has 1 aliphatic heterocycles. The van der Waals surface area contributed by atoms with E-state index < -0.39 is 0 Å². The van der Waals surface area contributed by atoms with Gasteiger partial charge in [0.05, 0.1) is 19.4 Å². The van der Waals surface area contributed by atoms with Gasteiger partial charge in [-0.25, -0.2) is 4.99 Å². The molecule has 3 nitrogen and oxygen atoms in total. The van der Waals surface area contributed by atoms with Gasteiger partial charge in [0.1, 0.15) is 13.1 Å². The fourth-order valence-electron chi connectivity index (χ4n) is 4.17. The molecule has 1 N–H and O–H groups in total. The van der Waals surface area contributed by atoms with Crippen molar-refractivity contribution in [1.29, 1.82) is 0 Å². The highest BCUT2D eigenvalue weighted by Gasteiger charge is 2.36. The molecule has 0 bridgehead atoms. The maximum atomic E-state index is 9.36. The van der Waals surface area contributed by atoms with E-state index in [2.05, 4.69) is 32.2 Å². The van der Waals surface area contributed by atoms with E-state index in [-0.39, 0.29) is 6.61 Å². The van der Waals surface area contributed by atoms with Crippen LogP contribution in [0, 0.1) is 0 Å². The van der Waals surface area contributed by atoms with E-state index >= 15 is 0 Å².